The molecular formula is C16H18FN3O. The fraction of sp³-hybridized carbons (Fsp3) is 0.250. The number of carbonyl (C=O) groups excluding carboxylic acids is 1. The van der Waals surface area contributed by atoms with E-state index in [9.17, 15) is 9.18 Å². The molecule has 2 aromatic rings. The summed E-state index contributed by atoms with van der Waals surface area (Å²) in [5, 5.41) is 2.80. The Hall–Kier alpha value is -2.27. The summed E-state index contributed by atoms with van der Waals surface area (Å²) in [4.78, 5) is 16.0. The van der Waals surface area contributed by atoms with Crippen LogP contribution >= 0.6 is 0 Å². The number of carbonyl (C=O) groups is 1. The molecule has 5 heteroatoms. The molecule has 2 rings (SSSR count). The molecule has 0 aliphatic rings. The van der Waals surface area contributed by atoms with Crippen LogP contribution in [-0.4, -0.2) is 17.4 Å². The molecule has 0 saturated carbocycles. The Morgan fingerprint density at radius 3 is 2.76 bits per heavy atom. The number of nitrogens with one attached hydrogen (secondary N) is 1. The lowest BCUT2D eigenvalue weighted by Crippen LogP contribution is -2.26. The first kappa shape index (κ1) is 15.1. The highest BCUT2D eigenvalue weighted by molar-refractivity contribution is 5.92. The lowest BCUT2D eigenvalue weighted by molar-refractivity contribution is 0.0949. The second kappa shape index (κ2) is 6.95. The van der Waals surface area contributed by atoms with E-state index in [0.29, 0.717) is 25.2 Å². The van der Waals surface area contributed by atoms with Crippen molar-refractivity contribution in [3.05, 3.63) is 64.7 Å². The van der Waals surface area contributed by atoms with E-state index in [0.717, 1.165) is 16.7 Å². The van der Waals surface area contributed by atoms with Gasteiger partial charge in [0.2, 0.25) is 0 Å². The Balaban J connectivity index is 1.88. The smallest absolute Gasteiger partial charge is 0.269 e. The monoisotopic (exact) mass is 287 g/mol. The topological polar surface area (TPSA) is 68.0 Å². The first-order valence-electron chi connectivity index (χ1n) is 6.78. The SMILES string of the molecule is Cc1cc(F)ccc1CCNC(=O)c1ccc(CN)cn1. The molecule has 0 spiro atoms. The van der Waals surface area contributed by atoms with Crippen molar-refractivity contribution in [1.29, 1.82) is 0 Å². The van der Waals surface area contributed by atoms with Gasteiger partial charge in [0.05, 0.1) is 0 Å². The normalized spacial score (nSPS) is 10.4. The van der Waals surface area contributed by atoms with E-state index in [2.05, 4.69) is 10.3 Å². The van der Waals surface area contributed by atoms with Gasteiger partial charge in [-0.05, 0) is 48.2 Å². The highest BCUT2D eigenvalue weighted by Gasteiger charge is 2.07. The van der Waals surface area contributed by atoms with Crippen molar-refractivity contribution >= 4 is 5.91 Å². The van der Waals surface area contributed by atoms with Gasteiger partial charge in [0.15, 0.2) is 0 Å². The Kier molecular flexibility index (Phi) is 5.00. The standard InChI is InChI=1S/C16H18FN3O/c1-11-8-14(17)4-3-13(11)6-7-19-16(21)15-5-2-12(9-18)10-20-15/h2-5,8,10H,6-7,9,18H2,1H3,(H,19,21). The van der Waals surface area contributed by atoms with Crippen molar-refractivity contribution in [1.82, 2.24) is 10.3 Å². The highest BCUT2D eigenvalue weighted by atomic mass is 19.1. The summed E-state index contributed by atoms with van der Waals surface area (Å²) in [7, 11) is 0. The summed E-state index contributed by atoms with van der Waals surface area (Å²) in [6, 6.07) is 8.10. The minimum atomic E-state index is -0.246. The van der Waals surface area contributed by atoms with Crippen molar-refractivity contribution in [3.63, 3.8) is 0 Å². The fourth-order valence-electron chi connectivity index (χ4n) is 2.02. The van der Waals surface area contributed by atoms with Crippen LogP contribution in [0.25, 0.3) is 0 Å². The number of hydrogen-bond acceptors (Lipinski definition) is 3. The Labute approximate surface area is 123 Å². The summed E-state index contributed by atoms with van der Waals surface area (Å²) in [5.74, 6) is -0.470. The van der Waals surface area contributed by atoms with E-state index >= 15 is 0 Å². The highest BCUT2D eigenvalue weighted by Crippen LogP contribution is 2.10. The van der Waals surface area contributed by atoms with Gasteiger partial charge in [-0.2, -0.15) is 0 Å². The predicted octanol–water partition coefficient (Wildman–Crippen LogP) is 1.96. The van der Waals surface area contributed by atoms with Gasteiger partial charge in [0, 0.05) is 19.3 Å². The zero-order valence-corrected chi connectivity index (χ0v) is 11.9. The number of nitrogens with zero attached hydrogens (tertiary/aromatic N) is 1. The van der Waals surface area contributed by atoms with E-state index in [-0.39, 0.29) is 11.7 Å². The van der Waals surface area contributed by atoms with E-state index < -0.39 is 0 Å². The largest absolute Gasteiger partial charge is 0.350 e. The van der Waals surface area contributed by atoms with Gasteiger partial charge in [-0.3, -0.25) is 9.78 Å². The molecule has 0 fully saturated rings. The summed E-state index contributed by atoms with van der Waals surface area (Å²) in [6.07, 6.45) is 2.25. The molecule has 0 aliphatic carbocycles. The number of aryl methyl sites for hydroxylation is 1. The molecule has 4 nitrogen and oxygen atoms in total. The minimum Gasteiger partial charge on any atom is -0.350 e. The number of rotatable bonds is 5. The van der Waals surface area contributed by atoms with Crippen LogP contribution in [0.1, 0.15) is 27.2 Å². The molecule has 1 heterocycles. The van der Waals surface area contributed by atoms with Gasteiger partial charge in [-0.25, -0.2) is 4.39 Å². The lowest BCUT2D eigenvalue weighted by atomic mass is 10.1. The Morgan fingerprint density at radius 2 is 2.14 bits per heavy atom. The van der Waals surface area contributed by atoms with Crippen molar-refractivity contribution < 1.29 is 9.18 Å². The van der Waals surface area contributed by atoms with Gasteiger partial charge in [-0.1, -0.05) is 12.1 Å². The van der Waals surface area contributed by atoms with Gasteiger partial charge in [-0.15, -0.1) is 0 Å². The minimum absolute atomic E-state index is 0.224. The van der Waals surface area contributed by atoms with Crippen LogP contribution in [0, 0.1) is 12.7 Å². The zero-order chi connectivity index (χ0) is 15.2. The molecule has 110 valence electrons. The maximum atomic E-state index is 13.0. The van der Waals surface area contributed by atoms with Gasteiger partial charge in [0.1, 0.15) is 11.5 Å². The van der Waals surface area contributed by atoms with Crippen LogP contribution in [0.4, 0.5) is 4.39 Å². The number of pyridine rings is 1. The second-order valence-electron chi connectivity index (χ2n) is 4.83. The number of hydrogen-bond donors (Lipinski definition) is 2. The Bertz CT molecular complexity index is 626. The number of nitrogens with two attached hydrogens (primary N) is 1. The molecule has 21 heavy (non-hydrogen) atoms. The third kappa shape index (κ3) is 4.10. The summed E-state index contributed by atoms with van der Waals surface area (Å²) >= 11 is 0. The fourth-order valence-corrected chi connectivity index (χ4v) is 2.02. The molecule has 0 atom stereocenters. The molecule has 0 aliphatic heterocycles. The lowest BCUT2D eigenvalue weighted by Gasteiger charge is -2.08. The third-order valence-electron chi connectivity index (χ3n) is 3.28. The number of halogens is 1. The van der Waals surface area contributed by atoms with E-state index in [1.165, 1.54) is 12.1 Å². The maximum absolute atomic E-state index is 13.0. The van der Waals surface area contributed by atoms with Crippen molar-refractivity contribution in [2.45, 2.75) is 19.9 Å². The van der Waals surface area contributed by atoms with Gasteiger partial charge in [0.25, 0.3) is 5.91 Å². The van der Waals surface area contributed by atoms with Crippen LogP contribution in [0.3, 0.4) is 0 Å². The second-order valence-corrected chi connectivity index (χ2v) is 4.83. The van der Waals surface area contributed by atoms with Crippen LogP contribution in [0.5, 0.6) is 0 Å². The number of aromatic nitrogens is 1. The number of benzene rings is 1. The first-order chi connectivity index (χ1) is 10.1. The van der Waals surface area contributed by atoms with E-state index in [1.807, 2.05) is 6.92 Å². The summed E-state index contributed by atoms with van der Waals surface area (Å²) in [5.41, 5.74) is 8.63. The van der Waals surface area contributed by atoms with E-state index in [4.69, 9.17) is 5.73 Å². The molecule has 1 amide bonds. The van der Waals surface area contributed by atoms with E-state index in [1.54, 1.807) is 24.4 Å². The van der Waals surface area contributed by atoms with Crippen LogP contribution < -0.4 is 11.1 Å². The summed E-state index contributed by atoms with van der Waals surface area (Å²) < 4.78 is 13.0. The quantitative estimate of drug-likeness (QED) is 0.883. The van der Waals surface area contributed by atoms with Gasteiger partial charge >= 0.3 is 0 Å². The first-order valence-corrected chi connectivity index (χ1v) is 6.78. The summed E-state index contributed by atoms with van der Waals surface area (Å²) in [6.45, 7) is 2.73. The van der Waals surface area contributed by atoms with Crippen molar-refractivity contribution in [3.8, 4) is 0 Å². The molecule has 1 aromatic heterocycles. The molecule has 0 radical (unpaired) electrons. The Morgan fingerprint density at radius 1 is 1.33 bits per heavy atom. The van der Waals surface area contributed by atoms with Crippen LogP contribution in [0.2, 0.25) is 0 Å². The average molecular weight is 287 g/mol. The molecular weight excluding hydrogens is 269 g/mol. The van der Waals surface area contributed by atoms with Crippen molar-refractivity contribution in [2.75, 3.05) is 6.54 Å². The molecule has 0 unspecified atom stereocenters. The van der Waals surface area contributed by atoms with Crippen LogP contribution in [0.15, 0.2) is 36.5 Å². The average Bonchev–Trinajstić information content (AvgIpc) is 2.49. The maximum Gasteiger partial charge on any atom is 0.269 e. The van der Waals surface area contributed by atoms with Crippen molar-refractivity contribution in [2.24, 2.45) is 5.73 Å². The molecule has 0 saturated heterocycles. The third-order valence-corrected chi connectivity index (χ3v) is 3.28. The predicted molar refractivity (Wildman–Crippen MR) is 79.3 cm³/mol. The molecule has 1 aromatic carbocycles. The molecule has 3 N–H and O–H groups in total. The number of amides is 1. The van der Waals surface area contributed by atoms with Gasteiger partial charge < -0.3 is 11.1 Å². The van der Waals surface area contributed by atoms with Crippen LogP contribution in [-0.2, 0) is 13.0 Å². The zero-order valence-electron chi connectivity index (χ0n) is 11.9. The molecule has 0 bridgehead atoms.